The lowest BCUT2D eigenvalue weighted by Crippen LogP contribution is -2.71. The number of aromatic amines is 1. The van der Waals surface area contributed by atoms with E-state index in [2.05, 4.69) is 29.2 Å². The highest BCUT2D eigenvalue weighted by Crippen LogP contribution is 2.66. The number of H-pyrrole nitrogens is 1. The fourth-order valence-corrected chi connectivity index (χ4v) is 20.2. The van der Waals surface area contributed by atoms with Crippen LogP contribution in [0, 0.1) is 41.6 Å². The van der Waals surface area contributed by atoms with Gasteiger partial charge < -0.3 is 64.2 Å². The first-order chi connectivity index (χ1) is 41.3. The lowest BCUT2D eigenvalue weighted by atomic mass is 9.55. The van der Waals surface area contributed by atoms with Crippen LogP contribution in [0.1, 0.15) is 178 Å². The smallest absolute Gasteiger partial charge is 0.254 e. The second-order valence-electron chi connectivity index (χ2n) is 27.7. The number of phenolic OH excluding ortho intramolecular Hbond substituents is 1. The van der Waals surface area contributed by atoms with Gasteiger partial charge in [0.1, 0.15) is 41.7 Å². The third-order valence-corrected chi connectivity index (χ3v) is 23.7. The number of benzene rings is 4. The first-order valence-corrected chi connectivity index (χ1v) is 31.7. The molecule has 15 heteroatoms. The third kappa shape index (κ3) is 7.39. The summed E-state index contributed by atoms with van der Waals surface area (Å²) < 4.78 is 35.5. The highest BCUT2D eigenvalue weighted by Gasteiger charge is 2.63. The molecule has 7 aliphatic carbocycles. The number of ketones is 1. The molecule has 1 aromatic heterocycles. The molecule has 0 unspecified atom stereocenters. The fourth-order valence-electron chi connectivity index (χ4n) is 20.2. The van der Waals surface area contributed by atoms with Crippen LogP contribution >= 0.6 is 0 Å². The molecule has 0 radical (unpaired) electrons. The second-order valence-corrected chi connectivity index (χ2v) is 27.7. The molecule has 4 aromatic carbocycles. The number of methoxy groups -OCH3 is 1. The minimum Gasteiger partial charge on any atom is -0.506 e. The fraction of sp³-hybridized carbons (Fsp3) is 0.543. The van der Waals surface area contributed by atoms with Crippen molar-refractivity contribution in [3.05, 3.63) is 109 Å². The highest BCUT2D eigenvalue weighted by atomic mass is 16.7. The molecular formula is C70H74N2O13. The summed E-state index contributed by atoms with van der Waals surface area (Å²) in [6.45, 7) is -1.26. The summed E-state index contributed by atoms with van der Waals surface area (Å²) in [5, 5.41) is 77.5. The van der Waals surface area contributed by atoms with Gasteiger partial charge in [-0.1, -0.05) is 43.0 Å². The molecule has 6 heterocycles. The summed E-state index contributed by atoms with van der Waals surface area (Å²) in [5.41, 5.74) is 8.44. The summed E-state index contributed by atoms with van der Waals surface area (Å²) >= 11 is 0. The van der Waals surface area contributed by atoms with E-state index in [9.17, 15) is 35.4 Å². The van der Waals surface area contributed by atoms with Crippen molar-refractivity contribution in [1.82, 2.24) is 9.88 Å². The predicted molar refractivity (Wildman–Crippen MR) is 314 cm³/mol. The number of Topliss-reactive ketones (excluding diaryl/α,β-unsaturated/α-hetero) is 1. The van der Waals surface area contributed by atoms with Gasteiger partial charge >= 0.3 is 0 Å². The van der Waals surface area contributed by atoms with Gasteiger partial charge in [0, 0.05) is 64.2 Å². The molecule has 442 valence electrons. The van der Waals surface area contributed by atoms with Crippen LogP contribution in [-0.2, 0) is 51.9 Å². The number of carbonyl (C=O) groups is 2. The Balaban J connectivity index is 0.948. The average Bonchev–Trinajstić information content (AvgIpc) is 2.20. The molecule has 7 N–H and O–H groups in total. The molecular weight excluding hydrogens is 1080 g/mol. The second kappa shape index (κ2) is 19.1. The van der Waals surface area contributed by atoms with Gasteiger partial charge in [0.25, 0.3) is 5.91 Å². The zero-order valence-electron chi connectivity index (χ0n) is 48.1. The van der Waals surface area contributed by atoms with Gasteiger partial charge in [0.2, 0.25) is 6.29 Å². The molecule has 5 aliphatic heterocycles. The number of aromatic hydroxyl groups is 1. The van der Waals surface area contributed by atoms with Crippen molar-refractivity contribution in [3.8, 4) is 29.3 Å². The number of aryl methyl sites for hydroxylation is 2. The van der Waals surface area contributed by atoms with Gasteiger partial charge in [-0.2, -0.15) is 0 Å². The molecule has 1 amide bonds. The molecule has 4 fully saturated rings. The Morgan fingerprint density at radius 1 is 0.906 bits per heavy atom. The van der Waals surface area contributed by atoms with Crippen LogP contribution in [0.25, 0.3) is 33.3 Å². The minimum atomic E-state index is -2.54. The van der Waals surface area contributed by atoms with Gasteiger partial charge in [-0.15, -0.1) is 0 Å². The van der Waals surface area contributed by atoms with Crippen LogP contribution in [0.5, 0.6) is 17.2 Å². The number of carbonyl (C=O) groups excluding carboxylic acids is 2. The number of nitrogens with one attached hydrogen (secondary N) is 1. The first-order valence-electron chi connectivity index (χ1n) is 31.7. The molecule has 5 aromatic rings. The number of fused-ring (bicyclic) bond motifs is 13. The van der Waals surface area contributed by atoms with E-state index in [1.165, 1.54) is 16.7 Å². The number of phenols is 1. The van der Waals surface area contributed by atoms with Crippen molar-refractivity contribution in [1.29, 1.82) is 0 Å². The Morgan fingerprint density at radius 2 is 1.80 bits per heavy atom. The Morgan fingerprint density at radius 3 is 2.66 bits per heavy atom. The summed E-state index contributed by atoms with van der Waals surface area (Å²) in [6, 6.07) is 7.77. The average molecular weight is 1150 g/mol. The van der Waals surface area contributed by atoms with E-state index in [0.29, 0.717) is 60.3 Å². The van der Waals surface area contributed by atoms with Crippen LogP contribution in [0.2, 0.25) is 0 Å². The first kappa shape index (κ1) is 53.1. The number of aliphatic hydroxyl groups is 5. The van der Waals surface area contributed by atoms with Crippen molar-refractivity contribution in [2.24, 2.45) is 29.6 Å². The number of amides is 1. The van der Waals surface area contributed by atoms with Crippen molar-refractivity contribution in [3.63, 3.8) is 0 Å². The zero-order valence-corrected chi connectivity index (χ0v) is 48.1. The van der Waals surface area contributed by atoms with E-state index in [1.54, 1.807) is 24.1 Å². The van der Waals surface area contributed by atoms with Crippen LogP contribution in [-0.4, -0.2) is 121 Å². The molecule has 15 nitrogen and oxygen atoms in total. The number of nitrogens with zero attached hydrogens (tertiary/aromatic N) is 1. The van der Waals surface area contributed by atoms with Crippen molar-refractivity contribution in [2.45, 2.75) is 181 Å². The molecule has 85 heavy (non-hydrogen) atoms. The van der Waals surface area contributed by atoms with Crippen molar-refractivity contribution < 1.29 is 63.9 Å². The normalized spacial score (nSPS) is 36.4. The third-order valence-electron chi connectivity index (χ3n) is 23.7. The molecule has 15 atom stereocenters. The Bertz CT molecular complexity index is 3870. The van der Waals surface area contributed by atoms with E-state index >= 15 is 4.79 Å². The lowest BCUT2D eigenvalue weighted by Gasteiger charge is -2.52. The van der Waals surface area contributed by atoms with E-state index in [4.69, 9.17) is 23.7 Å². The summed E-state index contributed by atoms with van der Waals surface area (Å²) in [4.78, 5) is 35.4. The van der Waals surface area contributed by atoms with Gasteiger partial charge in [-0.25, -0.2) is 0 Å². The summed E-state index contributed by atoms with van der Waals surface area (Å²) in [6.07, 6.45) is 16.6. The van der Waals surface area contributed by atoms with E-state index in [1.807, 2.05) is 24.4 Å². The van der Waals surface area contributed by atoms with Crippen LogP contribution in [0.4, 0.5) is 0 Å². The van der Waals surface area contributed by atoms with E-state index < -0.39 is 60.4 Å². The maximum absolute atomic E-state index is 15.7. The van der Waals surface area contributed by atoms with Gasteiger partial charge in [0.05, 0.1) is 48.5 Å². The maximum Gasteiger partial charge on any atom is 0.254 e. The Hall–Kier alpha value is -6.22. The van der Waals surface area contributed by atoms with Crippen LogP contribution < -0.4 is 9.47 Å². The Labute approximate surface area is 493 Å². The number of aromatic nitrogens is 1. The van der Waals surface area contributed by atoms with Crippen molar-refractivity contribution >= 4 is 45.0 Å². The summed E-state index contributed by atoms with van der Waals surface area (Å²) in [7, 11) is 1.61. The van der Waals surface area contributed by atoms with Gasteiger partial charge in [-0.05, 0) is 195 Å². The molecule has 12 bridgehead atoms. The van der Waals surface area contributed by atoms with Gasteiger partial charge in [0.15, 0.2) is 17.5 Å². The highest BCUT2D eigenvalue weighted by molar-refractivity contribution is 6.17. The molecule has 12 aliphatic rings. The van der Waals surface area contributed by atoms with Crippen LogP contribution in [0.15, 0.2) is 42.6 Å². The standard InChI is InChI=1S/C70H74N2O13/c1-81-62-44-15-14-37-26-36-8-3-12-42(36)54-52(37)55(44)57-59(76)56(54)50(75)31-72-30-48-35(7-2-13-43(48)66(72)78)10-6-22-82-65-60(77)64-61-39(9-5-21-73)23-34-24-41-28-40-11-4-19-69(40,79)32-68(41)20-18-38-27-49-53(46(25-34)58(38)68)47(29-71-49)51(83-61)17-16-45(62)63(57)84-67(85-64)70(65,80)33-74/h2,7,13,16-17,26-27,29,34,36,39-42,51,60-61,64-65,67,71,73-74,76-77,79-80H,3-5,8-12,14-15,18-21,23-25,28,30-33H2,1H3/b17-16+/t34-,36-,39-,40-,41+,42+,51+,60+,61+,64-,65-,67-,68-,69-,70+/m0/s1. The number of aliphatic hydroxyl groups excluding tert-OH is 3. The molecule has 1 spiro atoms. The quantitative estimate of drug-likeness (QED) is 0.0819. The lowest BCUT2D eigenvalue weighted by molar-refractivity contribution is -0.340. The topological polar surface area (TPSA) is 221 Å². The van der Waals surface area contributed by atoms with Gasteiger partial charge in [-0.3, -0.25) is 9.59 Å². The predicted octanol–water partition coefficient (Wildman–Crippen LogP) is 8.82. The zero-order chi connectivity index (χ0) is 57.6. The van der Waals surface area contributed by atoms with Crippen LogP contribution in [0.3, 0.4) is 0 Å². The number of rotatable bonds is 5. The molecule has 17 rings (SSSR count). The number of hydrogen-bond acceptors (Lipinski definition) is 13. The molecule has 1 saturated heterocycles. The number of hydrogen-bond donors (Lipinski definition) is 7. The maximum atomic E-state index is 15.7. The minimum absolute atomic E-state index is 0.0157. The van der Waals surface area contributed by atoms with E-state index in [-0.39, 0.29) is 89.5 Å². The SMILES string of the molecule is COc1c2c3c4c(O)c(c5c6c4c1CCC6=C[C@@H]1CCC[C@@H]51)C(=O)CN1Cc4c(cccc4C1=O)CC#CO[C@H]1[C@H](O)[C@H](O[C@H](O3)[C@@]1(O)CO)[C@@H]1O[C@H](/C=C/2)c2c[nH]c3cc4c5c(c23)C[C@@H](C[C@@H]1CCCO)C[C@@H]1C[C@@H]2CCC[C@]2(O)C[C@]51CC4. The molecule has 3 saturated carbocycles. The largest absolute Gasteiger partial charge is 0.506 e. The van der Waals surface area contributed by atoms with E-state index in [0.717, 1.165) is 127 Å². The summed E-state index contributed by atoms with van der Waals surface area (Å²) in [5.74, 6) is 2.98. The number of allylic oxidation sites excluding steroid dienone is 2. The Kier molecular flexibility index (Phi) is 11.9. The number of ether oxygens (including phenoxy) is 5. The van der Waals surface area contributed by atoms with Crippen molar-refractivity contribution in [2.75, 3.05) is 26.9 Å². The monoisotopic (exact) mass is 1150 g/mol.